The molecule has 0 amide bonds. The van der Waals surface area contributed by atoms with Gasteiger partial charge in [0.05, 0.1) is 0 Å². The molecule has 3 rings (SSSR count). The molecule has 0 bridgehead atoms. The molecular weight excluding hydrogens is 236 g/mol. The molecule has 0 saturated carbocycles. The van der Waals surface area contributed by atoms with Gasteiger partial charge in [-0.3, -0.25) is 4.90 Å². The van der Waals surface area contributed by atoms with Crippen LogP contribution < -0.4 is 0 Å². The smallest absolute Gasteiger partial charge is 0.115 e. The lowest BCUT2D eigenvalue weighted by Crippen LogP contribution is -2.52. The Morgan fingerprint density at radius 2 is 2.16 bits per heavy atom. The fourth-order valence-corrected chi connectivity index (χ4v) is 3.78. The maximum Gasteiger partial charge on any atom is 0.115 e. The first-order valence-corrected chi connectivity index (χ1v) is 7.43. The largest absolute Gasteiger partial charge is 0.508 e. The van der Waals surface area contributed by atoms with Gasteiger partial charge in [0, 0.05) is 19.1 Å². The van der Waals surface area contributed by atoms with Crippen molar-refractivity contribution in [3.8, 4) is 5.75 Å². The molecule has 3 nitrogen and oxygen atoms in total. The van der Waals surface area contributed by atoms with Crippen molar-refractivity contribution in [2.24, 2.45) is 5.92 Å². The number of phenols is 1. The topological polar surface area (TPSA) is 26.7 Å². The second-order valence-electron chi connectivity index (χ2n) is 6.14. The Morgan fingerprint density at radius 1 is 1.26 bits per heavy atom. The number of likely N-dealkylation sites (tertiary alicyclic amines) is 2. The van der Waals surface area contributed by atoms with Gasteiger partial charge in [-0.25, -0.2) is 0 Å². The molecule has 0 aliphatic carbocycles. The van der Waals surface area contributed by atoms with Crippen LogP contribution in [0.5, 0.6) is 5.75 Å². The predicted molar refractivity (Wildman–Crippen MR) is 77.1 cm³/mol. The van der Waals surface area contributed by atoms with Crippen LogP contribution >= 0.6 is 0 Å². The molecule has 0 aromatic heterocycles. The second kappa shape index (κ2) is 5.51. The zero-order valence-corrected chi connectivity index (χ0v) is 11.8. The van der Waals surface area contributed by atoms with Crippen molar-refractivity contribution in [2.75, 3.05) is 26.7 Å². The molecule has 1 aromatic carbocycles. The minimum Gasteiger partial charge on any atom is -0.508 e. The molecule has 0 radical (unpaired) electrons. The molecule has 0 spiro atoms. The summed E-state index contributed by atoms with van der Waals surface area (Å²) >= 11 is 0. The van der Waals surface area contributed by atoms with Gasteiger partial charge >= 0.3 is 0 Å². The van der Waals surface area contributed by atoms with Crippen molar-refractivity contribution < 1.29 is 5.11 Å². The van der Waals surface area contributed by atoms with E-state index >= 15 is 0 Å². The number of rotatable bonds is 2. The Morgan fingerprint density at radius 3 is 3.00 bits per heavy atom. The molecular formula is C16H24N2O. The molecule has 2 aliphatic heterocycles. The van der Waals surface area contributed by atoms with Crippen molar-refractivity contribution in [2.45, 2.75) is 31.8 Å². The predicted octanol–water partition coefficient (Wildman–Crippen LogP) is 2.31. The number of aromatic hydroxyl groups is 1. The number of benzene rings is 1. The molecule has 1 aromatic rings. The van der Waals surface area contributed by atoms with Crippen molar-refractivity contribution in [3.05, 3.63) is 29.8 Å². The summed E-state index contributed by atoms with van der Waals surface area (Å²) in [6, 6.07) is 8.48. The van der Waals surface area contributed by atoms with E-state index in [1.807, 2.05) is 12.1 Å². The van der Waals surface area contributed by atoms with Crippen LogP contribution in [0.4, 0.5) is 0 Å². The van der Waals surface area contributed by atoms with Crippen LogP contribution in [0.2, 0.25) is 0 Å². The lowest BCUT2D eigenvalue weighted by Gasteiger charge is -2.46. The molecule has 2 saturated heterocycles. The summed E-state index contributed by atoms with van der Waals surface area (Å²) in [5.74, 6) is 1.22. The van der Waals surface area contributed by atoms with Gasteiger partial charge in [-0.15, -0.1) is 0 Å². The Hall–Kier alpha value is -1.06. The highest BCUT2D eigenvalue weighted by Gasteiger charge is 2.33. The van der Waals surface area contributed by atoms with E-state index < -0.39 is 0 Å². The van der Waals surface area contributed by atoms with Crippen molar-refractivity contribution in [3.63, 3.8) is 0 Å². The van der Waals surface area contributed by atoms with Crippen LogP contribution in [0, 0.1) is 5.92 Å². The van der Waals surface area contributed by atoms with Crippen molar-refractivity contribution in [1.82, 2.24) is 9.80 Å². The Labute approximate surface area is 115 Å². The van der Waals surface area contributed by atoms with E-state index in [-0.39, 0.29) is 0 Å². The van der Waals surface area contributed by atoms with Crippen LogP contribution in [0.25, 0.3) is 0 Å². The number of hydrogen-bond donors (Lipinski definition) is 1. The first-order chi connectivity index (χ1) is 9.22. The number of fused-ring (bicyclic) bond motifs is 1. The third kappa shape index (κ3) is 2.93. The molecule has 104 valence electrons. The van der Waals surface area contributed by atoms with E-state index in [0.29, 0.717) is 5.75 Å². The fourth-order valence-electron chi connectivity index (χ4n) is 3.78. The summed E-state index contributed by atoms with van der Waals surface area (Å²) in [7, 11) is 2.28. The van der Waals surface area contributed by atoms with Gasteiger partial charge in [0.25, 0.3) is 0 Å². The summed E-state index contributed by atoms with van der Waals surface area (Å²) in [5.41, 5.74) is 1.22. The van der Waals surface area contributed by atoms with Crippen LogP contribution in [0.15, 0.2) is 24.3 Å². The fraction of sp³-hybridized carbons (Fsp3) is 0.625. The third-order valence-electron chi connectivity index (χ3n) is 4.75. The van der Waals surface area contributed by atoms with Gasteiger partial charge in [-0.1, -0.05) is 12.1 Å². The number of nitrogens with zero attached hydrogens (tertiary/aromatic N) is 2. The van der Waals surface area contributed by atoms with Gasteiger partial charge in [-0.05, 0) is 63.0 Å². The Bertz CT molecular complexity index is 435. The minimum atomic E-state index is 0.379. The first kappa shape index (κ1) is 12.9. The normalized spacial score (nSPS) is 29.1. The third-order valence-corrected chi connectivity index (χ3v) is 4.75. The summed E-state index contributed by atoms with van der Waals surface area (Å²) < 4.78 is 0. The quantitative estimate of drug-likeness (QED) is 0.884. The van der Waals surface area contributed by atoms with Crippen molar-refractivity contribution >= 4 is 0 Å². The van der Waals surface area contributed by atoms with E-state index in [1.54, 1.807) is 6.07 Å². The highest BCUT2D eigenvalue weighted by atomic mass is 16.3. The first-order valence-electron chi connectivity index (χ1n) is 7.43. The molecule has 3 heteroatoms. The molecule has 2 unspecified atom stereocenters. The van der Waals surface area contributed by atoms with E-state index in [9.17, 15) is 5.11 Å². The van der Waals surface area contributed by atoms with Gasteiger partial charge in [0.2, 0.25) is 0 Å². The SMILES string of the molecule is CN1CCCC2CN(Cc3cccc(O)c3)CCC21. The average Bonchev–Trinajstić information content (AvgIpc) is 2.39. The lowest BCUT2D eigenvalue weighted by atomic mass is 9.84. The molecule has 2 fully saturated rings. The number of hydrogen-bond acceptors (Lipinski definition) is 3. The maximum atomic E-state index is 9.54. The Balaban J connectivity index is 1.62. The summed E-state index contributed by atoms with van der Waals surface area (Å²) in [6.45, 7) is 4.64. The van der Waals surface area contributed by atoms with Crippen LogP contribution in [0.3, 0.4) is 0 Å². The van der Waals surface area contributed by atoms with Gasteiger partial charge in [0.1, 0.15) is 5.75 Å². The monoisotopic (exact) mass is 260 g/mol. The van der Waals surface area contributed by atoms with Crippen LogP contribution in [0.1, 0.15) is 24.8 Å². The summed E-state index contributed by atoms with van der Waals surface area (Å²) in [6.07, 6.45) is 4.02. The van der Waals surface area contributed by atoms with E-state index in [2.05, 4.69) is 22.9 Å². The highest BCUT2D eigenvalue weighted by Crippen LogP contribution is 2.30. The Kier molecular flexibility index (Phi) is 3.76. The molecule has 2 atom stereocenters. The molecule has 1 N–H and O–H groups in total. The standard InChI is InChI=1S/C16H24N2O/c1-17-8-3-5-14-12-18(9-7-16(14)17)11-13-4-2-6-15(19)10-13/h2,4,6,10,14,16,19H,3,5,7-9,11-12H2,1H3. The van der Waals surface area contributed by atoms with Gasteiger partial charge in [0.15, 0.2) is 0 Å². The molecule has 2 heterocycles. The molecule has 2 aliphatic rings. The summed E-state index contributed by atoms with van der Waals surface area (Å²) in [5, 5.41) is 9.54. The highest BCUT2D eigenvalue weighted by molar-refractivity contribution is 5.27. The number of piperidine rings is 2. The zero-order valence-electron chi connectivity index (χ0n) is 11.8. The van der Waals surface area contributed by atoms with Crippen molar-refractivity contribution in [1.29, 1.82) is 0 Å². The van der Waals surface area contributed by atoms with E-state index in [0.717, 1.165) is 18.5 Å². The zero-order chi connectivity index (χ0) is 13.2. The van der Waals surface area contributed by atoms with Crippen LogP contribution in [-0.4, -0.2) is 47.6 Å². The van der Waals surface area contributed by atoms with Crippen LogP contribution in [-0.2, 0) is 6.54 Å². The maximum absolute atomic E-state index is 9.54. The average molecular weight is 260 g/mol. The van der Waals surface area contributed by atoms with Gasteiger partial charge in [-0.2, -0.15) is 0 Å². The van der Waals surface area contributed by atoms with E-state index in [1.165, 1.54) is 44.5 Å². The van der Waals surface area contributed by atoms with Gasteiger partial charge < -0.3 is 10.0 Å². The second-order valence-corrected chi connectivity index (χ2v) is 6.14. The minimum absolute atomic E-state index is 0.379. The number of phenolic OH excluding ortho intramolecular Hbond substituents is 1. The summed E-state index contributed by atoms with van der Waals surface area (Å²) in [4.78, 5) is 5.11. The van der Waals surface area contributed by atoms with E-state index in [4.69, 9.17) is 0 Å². The molecule has 19 heavy (non-hydrogen) atoms. The lowest BCUT2D eigenvalue weighted by molar-refractivity contribution is 0.0354.